The van der Waals surface area contributed by atoms with Crippen LogP contribution in [0.3, 0.4) is 0 Å². The summed E-state index contributed by atoms with van der Waals surface area (Å²) in [5, 5.41) is 12.9. The number of aliphatic carboxylic acids is 1. The molecule has 0 saturated carbocycles. The molecule has 0 aromatic heterocycles. The number of carboxylic acids is 1. The summed E-state index contributed by atoms with van der Waals surface area (Å²) in [6.45, 7) is 5.31. The van der Waals surface area contributed by atoms with Gasteiger partial charge in [-0.3, -0.25) is 9.59 Å². The Morgan fingerprint density at radius 1 is 1.31 bits per heavy atom. The third-order valence-electron chi connectivity index (χ3n) is 6.20. The first-order valence-corrected chi connectivity index (χ1v) is 9.36. The minimum Gasteiger partial charge on any atom is -0.481 e. The van der Waals surface area contributed by atoms with Crippen molar-refractivity contribution in [3.8, 4) is 5.75 Å². The van der Waals surface area contributed by atoms with Gasteiger partial charge in [-0.15, -0.1) is 0 Å². The van der Waals surface area contributed by atoms with Crippen molar-refractivity contribution in [1.82, 2.24) is 10.2 Å². The van der Waals surface area contributed by atoms with Crippen molar-refractivity contribution in [2.75, 3.05) is 26.2 Å². The first-order chi connectivity index (χ1) is 12.3. The van der Waals surface area contributed by atoms with E-state index in [0.717, 1.165) is 12.8 Å². The highest BCUT2D eigenvalue weighted by molar-refractivity contribution is 5.87. The number of amides is 1. The van der Waals surface area contributed by atoms with Crippen LogP contribution in [-0.2, 0) is 22.4 Å². The fourth-order valence-corrected chi connectivity index (χ4v) is 4.71. The molecule has 3 aliphatic rings. The lowest BCUT2D eigenvalue weighted by Crippen LogP contribution is -2.50. The van der Waals surface area contributed by atoms with Gasteiger partial charge in [0.25, 0.3) is 5.91 Å². The third-order valence-corrected chi connectivity index (χ3v) is 6.20. The number of carbonyl (C=O) groups excluding carboxylic acids is 1. The summed E-state index contributed by atoms with van der Waals surface area (Å²) in [5.74, 6) is -0.300. The highest BCUT2D eigenvalue weighted by Gasteiger charge is 2.57. The Labute approximate surface area is 153 Å². The van der Waals surface area contributed by atoms with Crippen molar-refractivity contribution in [3.63, 3.8) is 0 Å². The number of benzene rings is 1. The maximum absolute atomic E-state index is 13.1. The largest absolute Gasteiger partial charge is 0.481 e. The van der Waals surface area contributed by atoms with Crippen LogP contribution in [-0.4, -0.2) is 53.7 Å². The van der Waals surface area contributed by atoms with Gasteiger partial charge in [-0.2, -0.15) is 0 Å². The van der Waals surface area contributed by atoms with Crippen LogP contribution in [0.1, 0.15) is 31.4 Å². The summed E-state index contributed by atoms with van der Waals surface area (Å²) >= 11 is 0. The van der Waals surface area contributed by atoms with E-state index in [-0.39, 0.29) is 18.4 Å². The molecule has 2 aliphatic heterocycles. The highest BCUT2D eigenvalue weighted by Crippen LogP contribution is 2.40. The van der Waals surface area contributed by atoms with Gasteiger partial charge in [-0.05, 0) is 56.4 Å². The number of aryl methyl sites for hydroxylation is 2. The lowest BCUT2D eigenvalue weighted by atomic mass is 9.81. The quantitative estimate of drug-likeness (QED) is 0.852. The summed E-state index contributed by atoms with van der Waals surface area (Å²) in [5.41, 5.74) is 0.778. The fourth-order valence-electron chi connectivity index (χ4n) is 4.71. The van der Waals surface area contributed by atoms with E-state index in [4.69, 9.17) is 4.74 Å². The number of rotatable bonds is 4. The molecule has 0 radical (unpaired) electrons. The maximum atomic E-state index is 13.1. The topological polar surface area (TPSA) is 78.9 Å². The Balaban J connectivity index is 1.49. The highest BCUT2D eigenvalue weighted by atomic mass is 16.5. The SMILES string of the molecule is CC(C)(Oc1ccc2c(c1)CCC2)C(=O)N1C[C@@H]2CNC[C@]2(C(=O)O)C1. The number of ether oxygens (including phenoxy) is 1. The van der Waals surface area contributed by atoms with Crippen LogP contribution in [0.4, 0.5) is 0 Å². The van der Waals surface area contributed by atoms with Crippen LogP contribution in [0.25, 0.3) is 0 Å². The molecule has 1 aliphatic carbocycles. The van der Waals surface area contributed by atoms with Crippen LogP contribution >= 0.6 is 0 Å². The summed E-state index contributed by atoms with van der Waals surface area (Å²) in [6.07, 6.45) is 3.34. The molecule has 4 rings (SSSR count). The zero-order chi connectivity index (χ0) is 18.5. The van der Waals surface area contributed by atoms with E-state index in [9.17, 15) is 14.7 Å². The number of hydrogen-bond acceptors (Lipinski definition) is 4. The number of carboxylic acid groups (broad SMARTS) is 1. The Hall–Kier alpha value is -2.08. The van der Waals surface area contributed by atoms with Crippen LogP contribution in [0, 0.1) is 11.3 Å². The zero-order valence-electron chi connectivity index (χ0n) is 15.4. The van der Waals surface area contributed by atoms with Crippen molar-refractivity contribution >= 4 is 11.9 Å². The van der Waals surface area contributed by atoms with Gasteiger partial charge < -0.3 is 20.1 Å². The summed E-state index contributed by atoms with van der Waals surface area (Å²) in [6, 6.07) is 6.06. The Morgan fingerprint density at radius 2 is 2.08 bits per heavy atom. The molecule has 1 aromatic rings. The summed E-state index contributed by atoms with van der Waals surface area (Å²) < 4.78 is 6.06. The molecule has 6 heteroatoms. The zero-order valence-corrected chi connectivity index (χ0v) is 15.4. The number of carbonyl (C=O) groups is 2. The van der Waals surface area contributed by atoms with Gasteiger partial charge in [0, 0.05) is 32.1 Å². The van der Waals surface area contributed by atoms with Crippen LogP contribution in [0.5, 0.6) is 5.75 Å². The predicted octanol–water partition coefficient (Wildman–Crippen LogP) is 1.47. The molecule has 26 heavy (non-hydrogen) atoms. The van der Waals surface area contributed by atoms with Gasteiger partial charge >= 0.3 is 5.97 Å². The molecule has 0 spiro atoms. The Kier molecular flexibility index (Phi) is 3.99. The van der Waals surface area contributed by atoms with Crippen LogP contribution in [0.15, 0.2) is 18.2 Å². The van der Waals surface area contributed by atoms with Crippen molar-refractivity contribution in [1.29, 1.82) is 0 Å². The monoisotopic (exact) mass is 358 g/mol. The summed E-state index contributed by atoms with van der Waals surface area (Å²) in [4.78, 5) is 26.6. The molecule has 1 aromatic carbocycles. The van der Waals surface area contributed by atoms with E-state index in [1.165, 1.54) is 17.5 Å². The molecule has 1 amide bonds. The number of hydrogen-bond donors (Lipinski definition) is 2. The molecular formula is C20H26N2O4. The van der Waals surface area contributed by atoms with E-state index >= 15 is 0 Å². The normalized spacial score (nSPS) is 27.3. The first-order valence-electron chi connectivity index (χ1n) is 9.36. The smallest absolute Gasteiger partial charge is 0.313 e. The van der Waals surface area contributed by atoms with Gasteiger partial charge in [-0.1, -0.05) is 6.07 Å². The van der Waals surface area contributed by atoms with Gasteiger partial charge in [0.15, 0.2) is 5.60 Å². The van der Waals surface area contributed by atoms with E-state index < -0.39 is 17.0 Å². The number of nitrogens with zero attached hydrogens (tertiary/aromatic N) is 1. The molecule has 0 unspecified atom stereocenters. The number of fused-ring (bicyclic) bond motifs is 2. The lowest BCUT2D eigenvalue weighted by Gasteiger charge is -2.31. The van der Waals surface area contributed by atoms with Crippen molar-refractivity contribution in [2.24, 2.45) is 11.3 Å². The summed E-state index contributed by atoms with van der Waals surface area (Å²) in [7, 11) is 0. The first kappa shape index (κ1) is 17.3. The van der Waals surface area contributed by atoms with E-state index in [2.05, 4.69) is 11.4 Å². The number of nitrogens with one attached hydrogen (secondary N) is 1. The molecule has 2 fully saturated rings. The minimum atomic E-state index is -1.03. The molecule has 2 saturated heterocycles. The van der Waals surface area contributed by atoms with Crippen LogP contribution in [0.2, 0.25) is 0 Å². The Bertz CT molecular complexity index is 760. The van der Waals surface area contributed by atoms with E-state index in [1.54, 1.807) is 18.7 Å². The minimum absolute atomic E-state index is 0.0419. The van der Waals surface area contributed by atoms with Gasteiger partial charge in [0.2, 0.25) is 0 Å². The second-order valence-electron chi connectivity index (χ2n) is 8.37. The third kappa shape index (κ3) is 2.67. The van der Waals surface area contributed by atoms with Crippen LogP contribution < -0.4 is 10.1 Å². The van der Waals surface area contributed by atoms with Crippen molar-refractivity contribution < 1.29 is 19.4 Å². The number of likely N-dealkylation sites (tertiary alicyclic amines) is 1. The maximum Gasteiger partial charge on any atom is 0.313 e. The predicted molar refractivity (Wildman–Crippen MR) is 96.2 cm³/mol. The molecule has 2 atom stereocenters. The molecule has 140 valence electrons. The van der Waals surface area contributed by atoms with Gasteiger partial charge in [0.1, 0.15) is 11.2 Å². The van der Waals surface area contributed by atoms with E-state index in [1.807, 2.05) is 12.1 Å². The van der Waals surface area contributed by atoms with Gasteiger partial charge in [0.05, 0.1) is 0 Å². The van der Waals surface area contributed by atoms with Crippen molar-refractivity contribution in [2.45, 2.75) is 38.7 Å². The second-order valence-corrected chi connectivity index (χ2v) is 8.37. The molecule has 2 N–H and O–H groups in total. The molecule has 2 heterocycles. The standard InChI is InChI=1S/C20H26N2O4/c1-19(2,26-16-7-6-13-4-3-5-14(13)8-16)17(23)22-10-15-9-21-11-20(15,12-22)18(24)25/h6-8,15,21H,3-5,9-12H2,1-2H3,(H,24,25)/t15-,20-/m0/s1. The second kappa shape index (κ2) is 5.98. The molecule has 6 nitrogen and oxygen atoms in total. The Morgan fingerprint density at radius 3 is 2.81 bits per heavy atom. The average Bonchev–Trinajstić information content (AvgIpc) is 3.26. The van der Waals surface area contributed by atoms with E-state index in [0.29, 0.717) is 25.4 Å². The average molecular weight is 358 g/mol. The molecule has 0 bridgehead atoms. The lowest BCUT2D eigenvalue weighted by molar-refractivity contribution is -0.150. The fraction of sp³-hybridized carbons (Fsp3) is 0.600. The van der Waals surface area contributed by atoms with Crippen molar-refractivity contribution in [3.05, 3.63) is 29.3 Å². The molecular weight excluding hydrogens is 332 g/mol. The van der Waals surface area contributed by atoms with Gasteiger partial charge in [-0.25, -0.2) is 0 Å².